The van der Waals surface area contributed by atoms with E-state index in [2.05, 4.69) is 25.1 Å². The summed E-state index contributed by atoms with van der Waals surface area (Å²) in [4.78, 5) is 0. The Morgan fingerprint density at radius 2 is 2.00 bits per heavy atom. The van der Waals surface area contributed by atoms with Gasteiger partial charge in [-0.05, 0) is 18.2 Å². The minimum absolute atomic E-state index is 0.948. The Kier molecular flexibility index (Phi) is 2.62. The summed E-state index contributed by atoms with van der Waals surface area (Å²) in [5.74, 6) is 0. The quantitative estimate of drug-likeness (QED) is 0.437. The van der Waals surface area contributed by atoms with Gasteiger partial charge < -0.3 is 0 Å². The van der Waals surface area contributed by atoms with E-state index in [0.717, 1.165) is 6.42 Å². The van der Waals surface area contributed by atoms with Gasteiger partial charge in [0, 0.05) is 25.0 Å². The molecule has 0 heterocycles. The topological polar surface area (TPSA) is 0 Å². The normalized spacial score (nSPS) is 8.80. The molecule has 10 heavy (non-hydrogen) atoms. The van der Waals surface area contributed by atoms with Gasteiger partial charge in [-0.3, -0.25) is 0 Å². The van der Waals surface area contributed by atoms with Gasteiger partial charge in [0.25, 0.3) is 0 Å². The predicted molar refractivity (Wildman–Crippen MR) is 44.7 cm³/mol. The van der Waals surface area contributed by atoms with Crippen LogP contribution in [0, 0.1) is 6.42 Å². The number of hydrogen-bond acceptors (Lipinski definition) is 0. The maximum atomic E-state index is 3.64. The second-order valence-electron chi connectivity index (χ2n) is 2.14. The van der Waals surface area contributed by atoms with Crippen LogP contribution in [-0.4, -0.2) is 0 Å². The third kappa shape index (κ3) is 1.98. The Balaban J connectivity index is 2.50. The molecule has 50 valence electrons. The SMILES string of the molecule is C=CC[CH+]c1ccccc1. The highest BCUT2D eigenvalue weighted by Crippen LogP contribution is 2.03. The average Bonchev–Trinajstić information content (AvgIpc) is 2.03. The smallest absolute Gasteiger partial charge is 0.102 e. The minimum atomic E-state index is 0.948. The predicted octanol–water partition coefficient (Wildman–Crippen LogP) is 2.82. The molecular formula is C10H11+. The fourth-order valence-corrected chi connectivity index (χ4v) is 0.809. The van der Waals surface area contributed by atoms with Gasteiger partial charge in [0.15, 0.2) is 0 Å². The summed E-state index contributed by atoms with van der Waals surface area (Å²) in [6, 6.07) is 10.3. The van der Waals surface area contributed by atoms with Crippen LogP contribution in [-0.2, 0) is 0 Å². The largest absolute Gasteiger partial charge is 0.130 e. The van der Waals surface area contributed by atoms with Crippen molar-refractivity contribution in [1.82, 2.24) is 0 Å². The molecule has 0 N–H and O–H groups in total. The highest BCUT2D eigenvalue weighted by Gasteiger charge is 1.95. The molecule has 1 rings (SSSR count). The lowest BCUT2D eigenvalue weighted by molar-refractivity contribution is 1.25. The first-order valence-electron chi connectivity index (χ1n) is 3.42. The molecule has 0 amide bonds. The molecule has 0 spiro atoms. The monoisotopic (exact) mass is 131 g/mol. The summed E-state index contributed by atoms with van der Waals surface area (Å²) < 4.78 is 0. The van der Waals surface area contributed by atoms with Gasteiger partial charge in [-0.1, -0.05) is 6.08 Å². The van der Waals surface area contributed by atoms with Crippen molar-refractivity contribution in [3.63, 3.8) is 0 Å². The van der Waals surface area contributed by atoms with Crippen LogP contribution in [0.3, 0.4) is 0 Å². The highest BCUT2D eigenvalue weighted by atomic mass is 13.9. The van der Waals surface area contributed by atoms with Crippen LogP contribution in [0.25, 0.3) is 0 Å². The molecule has 0 unspecified atom stereocenters. The molecule has 0 fully saturated rings. The first kappa shape index (κ1) is 6.94. The van der Waals surface area contributed by atoms with Gasteiger partial charge in [0.2, 0.25) is 0 Å². The van der Waals surface area contributed by atoms with Crippen LogP contribution in [0.15, 0.2) is 43.0 Å². The lowest BCUT2D eigenvalue weighted by Gasteiger charge is -1.85. The fraction of sp³-hybridized carbons (Fsp3) is 0.100. The first-order valence-corrected chi connectivity index (χ1v) is 3.42. The molecule has 0 atom stereocenters. The molecule has 0 saturated carbocycles. The van der Waals surface area contributed by atoms with E-state index in [1.807, 2.05) is 24.3 Å². The average molecular weight is 131 g/mol. The second-order valence-corrected chi connectivity index (χ2v) is 2.14. The van der Waals surface area contributed by atoms with Gasteiger partial charge in [-0.2, -0.15) is 0 Å². The van der Waals surface area contributed by atoms with Crippen molar-refractivity contribution in [2.75, 3.05) is 0 Å². The molecule has 0 aliphatic rings. The van der Waals surface area contributed by atoms with Crippen molar-refractivity contribution >= 4 is 0 Å². The molecule has 0 heteroatoms. The third-order valence-electron chi connectivity index (χ3n) is 1.32. The van der Waals surface area contributed by atoms with Gasteiger partial charge in [0.1, 0.15) is 5.56 Å². The molecule has 1 aromatic rings. The van der Waals surface area contributed by atoms with Crippen LogP contribution in [0.1, 0.15) is 12.0 Å². The lowest BCUT2D eigenvalue weighted by Crippen LogP contribution is -1.76. The molecule has 0 aromatic heterocycles. The Hall–Kier alpha value is -1.17. The minimum Gasteiger partial charge on any atom is -0.102 e. The van der Waals surface area contributed by atoms with Crippen molar-refractivity contribution < 1.29 is 0 Å². The number of hydrogen-bond donors (Lipinski definition) is 0. The molecule has 0 aliphatic carbocycles. The maximum Gasteiger partial charge on any atom is 0.130 e. The molecule has 0 bridgehead atoms. The maximum absolute atomic E-state index is 3.64. The molecule has 0 nitrogen and oxygen atoms in total. The summed E-state index contributed by atoms with van der Waals surface area (Å²) in [5.41, 5.74) is 1.27. The molecule has 0 saturated heterocycles. The van der Waals surface area contributed by atoms with Crippen LogP contribution in [0.4, 0.5) is 0 Å². The van der Waals surface area contributed by atoms with Crippen LogP contribution < -0.4 is 0 Å². The van der Waals surface area contributed by atoms with Crippen LogP contribution >= 0.6 is 0 Å². The van der Waals surface area contributed by atoms with Gasteiger partial charge in [-0.25, -0.2) is 0 Å². The Bertz CT molecular complexity index is 186. The van der Waals surface area contributed by atoms with Crippen LogP contribution in [0.5, 0.6) is 0 Å². The van der Waals surface area contributed by atoms with Crippen molar-refractivity contribution in [2.45, 2.75) is 6.42 Å². The third-order valence-corrected chi connectivity index (χ3v) is 1.32. The summed E-state index contributed by atoms with van der Waals surface area (Å²) in [6.07, 6.45) is 4.99. The molecule has 0 aliphatic heterocycles. The van der Waals surface area contributed by atoms with Crippen molar-refractivity contribution in [1.29, 1.82) is 0 Å². The van der Waals surface area contributed by atoms with Crippen molar-refractivity contribution in [2.24, 2.45) is 0 Å². The van der Waals surface area contributed by atoms with E-state index in [1.54, 1.807) is 0 Å². The van der Waals surface area contributed by atoms with Gasteiger partial charge >= 0.3 is 0 Å². The standard InChI is InChI=1S/C10H11/c1-2-3-7-10-8-5-4-6-9-10/h2,4-9H,1,3H2/q+1. The summed E-state index contributed by atoms with van der Waals surface area (Å²) in [5, 5.41) is 0. The van der Waals surface area contributed by atoms with Crippen LogP contribution in [0.2, 0.25) is 0 Å². The molecular weight excluding hydrogens is 120 g/mol. The Morgan fingerprint density at radius 3 is 2.60 bits per heavy atom. The Labute approximate surface area is 62.2 Å². The summed E-state index contributed by atoms with van der Waals surface area (Å²) >= 11 is 0. The molecule has 0 radical (unpaired) electrons. The van der Waals surface area contributed by atoms with E-state index in [4.69, 9.17) is 0 Å². The highest BCUT2D eigenvalue weighted by molar-refractivity contribution is 5.22. The lowest BCUT2D eigenvalue weighted by atomic mass is 10.1. The number of rotatable bonds is 3. The molecule has 1 aromatic carbocycles. The zero-order valence-electron chi connectivity index (χ0n) is 5.96. The second kappa shape index (κ2) is 3.78. The van der Waals surface area contributed by atoms with E-state index < -0.39 is 0 Å². The number of benzene rings is 1. The van der Waals surface area contributed by atoms with Gasteiger partial charge in [0.05, 0.1) is 0 Å². The van der Waals surface area contributed by atoms with E-state index in [9.17, 15) is 0 Å². The Morgan fingerprint density at radius 1 is 1.30 bits per heavy atom. The van der Waals surface area contributed by atoms with Crippen molar-refractivity contribution in [3.8, 4) is 0 Å². The van der Waals surface area contributed by atoms with E-state index in [1.165, 1.54) is 5.56 Å². The summed E-state index contributed by atoms with van der Waals surface area (Å²) in [7, 11) is 0. The zero-order valence-corrected chi connectivity index (χ0v) is 5.96. The van der Waals surface area contributed by atoms with E-state index >= 15 is 0 Å². The van der Waals surface area contributed by atoms with Gasteiger partial charge in [-0.15, -0.1) is 6.58 Å². The van der Waals surface area contributed by atoms with E-state index in [-0.39, 0.29) is 0 Å². The van der Waals surface area contributed by atoms with E-state index in [0.29, 0.717) is 0 Å². The fourth-order valence-electron chi connectivity index (χ4n) is 0.809. The number of allylic oxidation sites excluding steroid dienone is 1. The first-order chi connectivity index (χ1) is 4.93. The van der Waals surface area contributed by atoms with Crippen molar-refractivity contribution in [3.05, 3.63) is 55.0 Å². The summed E-state index contributed by atoms with van der Waals surface area (Å²) in [6.45, 7) is 3.64. The zero-order chi connectivity index (χ0) is 7.23.